The molecule has 7 heteroatoms. The molecule has 2 amide bonds. The van der Waals surface area contributed by atoms with Crippen molar-refractivity contribution in [3.8, 4) is 5.75 Å². The highest BCUT2D eigenvalue weighted by Crippen LogP contribution is 2.22. The van der Waals surface area contributed by atoms with Crippen molar-refractivity contribution in [2.24, 2.45) is 0 Å². The Morgan fingerprint density at radius 1 is 1.03 bits per heavy atom. The standard InChI is InChI=1S/C24H32N4O3/c1-4-25-24(30)19-6-5-7-21(15-19)26-23(29)17-28-12-10-27(11-13-28)16-20-14-18(2)8-9-22(20)31-3/h5-9,14-15H,4,10-13,16-17H2,1-3H3,(H,25,30)(H,26,29). The Bertz CT molecular complexity index is 907. The third kappa shape index (κ3) is 6.54. The largest absolute Gasteiger partial charge is 0.496 e. The maximum Gasteiger partial charge on any atom is 0.251 e. The van der Waals surface area contributed by atoms with Crippen molar-refractivity contribution in [1.29, 1.82) is 0 Å². The number of benzene rings is 2. The number of hydrogen-bond donors (Lipinski definition) is 2. The fourth-order valence-electron chi connectivity index (χ4n) is 3.78. The number of anilines is 1. The number of carbonyl (C=O) groups is 2. The van der Waals surface area contributed by atoms with E-state index in [0.717, 1.165) is 38.5 Å². The number of aryl methyl sites for hydroxylation is 1. The van der Waals surface area contributed by atoms with Crippen LogP contribution in [0.4, 0.5) is 5.69 Å². The molecular formula is C24H32N4O3. The molecule has 166 valence electrons. The second-order valence-electron chi connectivity index (χ2n) is 7.86. The summed E-state index contributed by atoms with van der Waals surface area (Å²) in [5.74, 6) is 0.712. The summed E-state index contributed by atoms with van der Waals surface area (Å²) < 4.78 is 5.49. The topological polar surface area (TPSA) is 73.9 Å². The summed E-state index contributed by atoms with van der Waals surface area (Å²) >= 11 is 0. The average Bonchev–Trinajstić information content (AvgIpc) is 2.75. The molecule has 0 unspecified atom stereocenters. The van der Waals surface area contributed by atoms with Gasteiger partial charge in [-0.3, -0.25) is 19.4 Å². The summed E-state index contributed by atoms with van der Waals surface area (Å²) in [6, 6.07) is 13.3. The quantitative estimate of drug-likeness (QED) is 0.681. The van der Waals surface area contributed by atoms with Crippen LogP contribution in [0.2, 0.25) is 0 Å². The van der Waals surface area contributed by atoms with E-state index in [-0.39, 0.29) is 11.8 Å². The highest BCUT2D eigenvalue weighted by Gasteiger charge is 2.20. The predicted octanol–water partition coefficient (Wildman–Crippen LogP) is 2.51. The minimum Gasteiger partial charge on any atom is -0.496 e. The number of nitrogens with zero attached hydrogens (tertiary/aromatic N) is 2. The van der Waals surface area contributed by atoms with Crippen LogP contribution in [-0.4, -0.2) is 68.0 Å². The van der Waals surface area contributed by atoms with Gasteiger partial charge in [0.25, 0.3) is 5.91 Å². The number of hydrogen-bond acceptors (Lipinski definition) is 5. The van der Waals surface area contributed by atoms with Crippen molar-refractivity contribution in [2.45, 2.75) is 20.4 Å². The first-order valence-electron chi connectivity index (χ1n) is 10.7. The van der Waals surface area contributed by atoms with Crippen LogP contribution >= 0.6 is 0 Å². The molecule has 2 N–H and O–H groups in total. The fraction of sp³-hybridized carbons (Fsp3) is 0.417. The van der Waals surface area contributed by atoms with Gasteiger partial charge in [-0.05, 0) is 38.1 Å². The van der Waals surface area contributed by atoms with Crippen LogP contribution in [0.25, 0.3) is 0 Å². The van der Waals surface area contributed by atoms with E-state index in [0.29, 0.717) is 24.3 Å². The molecule has 1 heterocycles. The van der Waals surface area contributed by atoms with E-state index < -0.39 is 0 Å². The summed E-state index contributed by atoms with van der Waals surface area (Å²) in [5, 5.41) is 5.68. The molecule has 0 radical (unpaired) electrons. The van der Waals surface area contributed by atoms with Gasteiger partial charge in [-0.25, -0.2) is 0 Å². The number of ether oxygens (including phenoxy) is 1. The fourth-order valence-corrected chi connectivity index (χ4v) is 3.78. The van der Waals surface area contributed by atoms with E-state index in [9.17, 15) is 9.59 Å². The van der Waals surface area contributed by atoms with Crippen molar-refractivity contribution in [3.05, 3.63) is 59.2 Å². The molecule has 0 aliphatic carbocycles. The first kappa shape index (κ1) is 22.8. The summed E-state index contributed by atoms with van der Waals surface area (Å²) in [6.07, 6.45) is 0. The number of carbonyl (C=O) groups excluding carboxylic acids is 2. The third-order valence-corrected chi connectivity index (χ3v) is 5.41. The van der Waals surface area contributed by atoms with Crippen LogP contribution in [-0.2, 0) is 11.3 Å². The second-order valence-corrected chi connectivity index (χ2v) is 7.86. The van der Waals surface area contributed by atoms with Gasteiger partial charge in [0.1, 0.15) is 5.75 Å². The van der Waals surface area contributed by atoms with Crippen molar-refractivity contribution in [2.75, 3.05) is 51.7 Å². The van der Waals surface area contributed by atoms with E-state index in [1.807, 2.05) is 13.0 Å². The number of nitrogens with one attached hydrogen (secondary N) is 2. The van der Waals surface area contributed by atoms with Crippen molar-refractivity contribution >= 4 is 17.5 Å². The van der Waals surface area contributed by atoms with Gasteiger partial charge in [-0.15, -0.1) is 0 Å². The minimum absolute atomic E-state index is 0.0677. The SMILES string of the molecule is CCNC(=O)c1cccc(NC(=O)CN2CCN(Cc3cc(C)ccc3OC)CC2)c1. The Morgan fingerprint density at radius 3 is 2.48 bits per heavy atom. The van der Waals surface area contributed by atoms with Gasteiger partial charge in [0, 0.05) is 56.1 Å². The predicted molar refractivity (Wildman–Crippen MR) is 123 cm³/mol. The molecule has 3 rings (SSSR count). The van der Waals surface area contributed by atoms with E-state index in [1.165, 1.54) is 11.1 Å². The molecule has 7 nitrogen and oxygen atoms in total. The van der Waals surface area contributed by atoms with Gasteiger partial charge in [-0.2, -0.15) is 0 Å². The molecule has 1 saturated heterocycles. The third-order valence-electron chi connectivity index (χ3n) is 5.41. The summed E-state index contributed by atoms with van der Waals surface area (Å²) in [5.41, 5.74) is 3.60. The molecule has 31 heavy (non-hydrogen) atoms. The smallest absolute Gasteiger partial charge is 0.251 e. The van der Waals surface area contributed by atoms with Crippen LogP contribution in [0.3, 0.4) is 0 Å². The van der Waals surface area contributed by atoms with E-state index >= 15 is 0 Å². The Labute approximate surface area is 184 Å². The second kappa shape index (κ2) is 10.9. The van der Waals surface area contributed by atoms with Gasteiger partial charge >= 0.3 is 0 Å². The maximum atomic E-state index is 12.5. The van der Waals surface area contributed by atoms with Crippen LogP contribution in [0.15, 0.2) is 42.5 Å². The average molecular weight is 425 g/mol. The lowest BCUT2D eigenvalue weighted by Gasteiger charge is -2.34. The lowest BCUT2D eigenvalue weighted by molar-refractivity contribution is -0.117. The monoisotopic (exact) mass is 424 g/mol. The molecule has 1 aliphatic heterocycles. The summed E-state index contributed by atoms with van der Waals surface area (Å²) in [4.78, 5) is 29.0. The molecule has 0 saturated carbocycles. The molecule has 2 aromatic rings. The Kier molecular flexibility index (Phi) is 8.03. The molecule has 2 aromatic carbocycles. The van der Waals surface area contributed by atoms with Gasteiger partial charge in [0.15, 0.2) is 0 Å². The minimum atomic E-state index is -0.139. The Balaban J connectivity index is 1.48. The van der Waals surface area contributed by atoms with Crippen LogP contribution in [0.1, 0.15) is 28.4 Å². The first-order chi connectivity index (χ1) is 15.0. The molecule has 1 aliphatic rings. The molecular weight excluding hydrogens is 392 g/mol. The molecule has 0 atom stereocenters. The van der Waals surface area contributed by atoms with E-state index in [2.05, 4.69) is 39.5 Å². The number of amides is 2. The summed E-state index contributed by atoms with van der Waals surface area (Å²) in [7, 11) is 1.70. The zero-order valence-electron chi connectivity index (χ0n) is 18.6. The van der Waals surface area contributed by atoms with Gasteiger partial charge < -0.3 is 15.4 Å². The number of rotatable bonds is 8. The van der Waals surface area contributed by atoms with Gasteiger partial charge in [-0.1, -0.05) is 23.8 Å². The lowest BCUT2D eigenvalue weighted by atomic mass is 10.1. The highest BCUT2D eigenvalue weighted by atomic mass is 16.5. The van der Waals surface area contributed by atoms with Crippen LogP contribution in [0, 0.1) is 6.92 Å². The zero-order chi connectivity index (χ0) is 22.2. The van der Waals surface area contributed by atoms with Crippen molar-refractivity contribution in [3.63, 3.8) is 0 Å². The zero-order valence-corrected chi connectivity index (χ0v) is 18.6. The maximum absolute atomic E-state index is 12.5. The Morgan fingerprint density at radius 2 is 1.77 bits per heavy atom. The molecule has 0 bridgehead atoms. The van der Waals surface area contributed by atoms with E-state index in [1.54, 1.807) is 31.4 Å². The molecule has 0 aromatic heterocycles. The molecule has 1 fully saturated rings. The summed E-state index contributed by atoms with van der Waals surface area (Å²) in [6.45, 7) is 9.18. The lowest BCUT2D eigenvalue weighted by Crippen LogP contribution is -2.48. The van der Waals surface area contributed by atoms with Crippen molar-refractivity contribution in [1.82, 2.24) is 15.1 Å². The van der Waals surface area contributed by atoms with Crippen LogP contribution in [0.5, 0.6) is 5.75 Å². The van der Waals surface area contributed by atoms with E-state index in [4.69, 9.17) is 4.74 Å². The first-order valence-corrected chi connectivity index (χ1v) is 10.7. The Hall–Kier alpha value is -2.90. The number of methoxy groups -OCH3 is 1. The van der Waals surface area contributed by atoms with Gasteiger partial charge in [0.2, 0.25) is 5.91 Å². The molecule has 0 spiro atoms. The van der Waals surface area contributed by atoms with Gasteiger partial charge in [0.05, 0.1) is 13.7 Å². The normalized spacial score (nSPS) is 14.8. The van der Waals surface area contributed by atoms with Crippen molar-refractivity contribution < 1.29 is 14.3 Å². The van der Waals surface area contributed by atoms with Crippen LogP contribution < -0.4 is 15.4 Å². The highest BCUT2D eigenvalue weighted by molar-refractivity contribution is 5.97. The number of piperazine rings is 1.